The molecule has 0 bridgehead atoms. The highest BCUT2D eigenvalue weighted by Crippen LogP contribution is 1.94. The largest absolute Gasteiger partial charge is 0.370 e. The number of carbonyl (C=O) groups excluding carboxylic acids is 1. The van der Waals surface area contributed by atoms with Crippen LogP contribution in [-0.2, 0) is 0 Å². The van der Waals surface area contributed by atoms with E-state index >= 15 is 0 Å². The first-order valence-corrected chi connectivity index (χ1v) is 3.48. The van der Waals surface area contributed by atoms with E-state index in [4.69, 9.17) is 11.1 Å². The van der Waals surface area contributed by atoms with Gasteiger partial charge in [0.2, 0.25) is 5.91 Å². The molecule has 0 aliphatic heterocycles. The third-order valence-corrected chi connectivity index (χ3v) is 1.06. The lowest BCUT2D eigenvalue weighted by atomic mass is 10.2. The minimum absolute atomic E-state index is 0. The summed E-state index contributed by atoms with van der Waals surface area (Å²) in [4.78, 5) is 10.4. The van der Waals surface area contributed by atoms with Crippen molar-refractivity contribution in [3.63, 3.8) is 0 Å². The number of nitrogens with two attached hydrogens (primary N) is 3. The van der Waals surface area contributed by atoms with Crippen molar-refractivity contribution in [1.29, 1.82) is 5.41 Å². The number of rotatable bonds is 1. The second-order valence-electron chi connectivity index (χ2n) is 2.19. The van der Waals surface area contributed by atoms with Gasteiger partial charge in [0.05, 0.1) is 0 Å². The fourth-order valence-electron chi connectivity index (χ4n) is 0.602. The van der Waals surface area contributed by atoms with Crippen molar-refractivity contribution in [2.45, 2.75) is 0 Å². The van der Waals surface area contributed by atoms with Crippen molar-refractivity contribution >= 4 is 24.3 Å². The van der Waals surface area contributed by atoms with Crippen LogP contribution < -0.4 is 17.2 Å². The van der Waals surface area contributed by atoms with Gasteiger partial charge in [-0.25, -0.2) is 0 Å². The van der Waals surface area contributed by atoms with E-state index in [9.17, 15) is 4.79 Å². The van der Waals surface area contributed by atoms with Gasteiger partial charge in [0.15, 0.2) is 5.96 Å². The minimum Gasteiger partial charge on any atom is -0.370 e. The van der Waals surface area contributed by atoms with Crippen LogP contribution in [0.15, 0.2) is 30.3 Å². The molecule has 1 amide bonds. The van der Waals surface area contributed by atoms with Crippen LogP contribution in [-0.4, -0.2) is 11.9 Å². The molecular formula is C8H13ClN4O. The molecule has 0 aromatic heterocycles. The monoisotopic (exact) mass is 216 g/mol. The van der Waals surface area contributed by atoms with Gasteiger partial charge in [0.25, 0.3) is 0 Å². The van der Waals surface area contributed by atoms with E-state index < -0.39 is 0 Å². The molecule has 1 aromatic carbocycles. The Morgan fingerprint density at radius 1 is 1.07 bits per heavy atom. The molecule has 0 unspecified atom stereocenters. The molecule has 6 heteroatoms. The number of amides is 1. The van der Waals surface area contributed by atoms with Crippen molar-refractivity contribution in [1.82, 2.24) is 0 Å². The minimum atomic E-state index is -0.379. The molecule has 5 nitrogen and oxygen atoms in total. The predicted molar refractivity (Wildman–Crippen MR) is 58.3 cm³/mol. The summed E-state index contributed by atoms with van der Waals surface area (Å²) in [5, 5.41) is 6.06. The van der Waals surface area contributed by atoms with Gasteiger partial charge >= 0.3 is 0 Å². The summed E-state index contributed by atoms with van der Waals surface area (Å²) in [6.45, 7) is 0. The standard InChI is InChI=1S/C7H7NO.CH5N3.ClH/c8-7(9)6-4-2-1-3-5-6;2-1(3)4;/h1-5H,(H2,8,9);(H5,2,3,4);1H. The summed E-state index contributed by atoms with van der Waals surface area (Å²) < 4.78 is 0. The molecule has 14 heavy (non-hydrogen) atoms. The Bertz CT molecular complexity index is 285. The van der Waals surface area contributed by atoms with Gasteiger partial charge in [-0.05, 0) is 12.1 Å². The second kappa shape index (κ2) is 7.88. The molecule has 78 valence electrons. The van der Waals surface area contributed by atoms with E-state index in [0.29, 0.717) is 5.56 Å². The average molecular weight is 217 g/mol. The molecule has 1 aromatic rings. The van der Waals surface area contributed by atoms with Crippen molar-refractivity contribution in [3.8, 4) is 0 Å². The number of halogens is 1. The van der Waals surface area contributed by atoms with E-state index in [1.54, 1.807) is 24.3 Å². The van der Waals surface area contributed by atoms with Gasteiger partial charge in [-0.3, -0.25) is 10.2 Å². The van der Waals surface area contributed by atoms with Crippen molar-refractivity contribution in [2.75, 3.05) is 0 Å². The van der Waals surface area contributed by atoms with E-state index in [0.717, 1.165) is 0 Å². The van der Waals surface area contributed by atoms with E-state index in [-0.39, 0.29) is 24.3 Å². The Hall–Kier alpha value is -1.75. The zero-order valence-corrected chi connectivity index (χ0v) is 8.25. The Balaban J connectivity index is 0. The number of benzene rings is 1. The third kappa shape index (κ3) is 8.35. The van der Waals surface area contributed by atoms with Gasteiger partial charge in [-0.15, -0.1) is 12.4 Å². The summed E-state index contributed by atoms with van der Waals surface area (Å²) in [7, 11) is 0. The molecule has 7 N–H and O–H groups in total. The zero-order chi connectivity index (χ0) is 10.3. The first-order chi connectivity index (χ1) is 6.04. The normalized spacial score (nSPS) is 7.43. The highest BCUT2D eigenvalue weighted by Gasteiger charge is 1.93. The smallest absolute Gasteiger partial charge is 0.248 e. The van der Waals surface area contributed by atoms with Gasteiger partial charge < -0.3 is 17.2 Å². The van der Waals surface area contributed by atoms with E-state index in [1.165, 1.54) is 0 Å². The first-order valence-electron chi connectivity index (χ1n) is 3.48. The van der Waals surface area contributed by atoms with Crippen LogP contribution in [0.25, 0.3) is 0 Å². The van der Waals surface area contributed by atoms with Gasteiger partial charge in [-0.2, -0.15) is 0 Å². The van der Waals surface area contributed by atoms with Crippen LogP contribution in [0, 0.1) is 5.41 Å². The number of guanidine groups is 1. The Morgan fingerprint density at radius 3 is 1.64 bits per heavy atom. The maximum atomic E-state index is 10.4. The maximum absolute atomic E-state index is 10.4. The lowest BCUT2D eigenvalue weighted by Crippen LogP contribution is -2.20. The van der Waals surface area contributed by atoms with E-state index in [1.807, 2.05) is 6.07 Å². The lowest BCUT2D eigenvalue weighted by Gasteiger charge is -1.89. The maximum Gasteiger partial charge on any atom is 0.248 e. The van der Waals surface area contributed by atoms with Crippen LogP contribution >= 0.6 is 12.4 Å². The van der Waals surface area contributed by atoms with E-state index in [2.05, 4.69) is 11.5 Å². The predicted octanol–water partition coefficient (Wildman–Crippen LogP) is 0.0459. The van der Waals surface area contributed by atoms with Gasteiger partial charge in [0, 0.05) is 5.56 Å². The molecule has 0 saturated heterocycles. The highest BCUT2D eigenvalue weighted by molar-refractivity contribution is 5.92. The molecule has 1 rings (SSSR count). The summed E-state index contributed by atoms with van der Waals surface area (Å²) in [6, 6.07) is 8.76. The summed E-state index contributed by atoms with van der Waals surface area (Å²) in [5.41, 5.74) is 14.5. The summed E-state index contributed by atoms with van der Waals surface area (Å²) in [6.07, 6.45) is 0. The Morgan fingerprint density at radius 2 is 1.43 bits per heavy atom. The number of carbonyl (C=O) groups is 1. The molecule has 0 aliphatic carbocycles. The zero-order valence-electron chi connectivity index (χ0n) is 7.44. The van der Waals surface area contributed by atoms with Gasteiger partial charge in [-0.1, -0.05) is 18.2 Å². The fraction of sp³-hybridized carbons (Fsp3) is 0. The number of nitrogens with one attached hydrogen (secondary N) is 1. The first kappa shape index (κ1) is 14.8. The SMILES string of the molecule is Cl.N=C(N)N.NC(=O)c1ccccc1. The topological polar surface area (TPSA) is 119 Å². The van der Waals surface area contributed by atoms with Gasteiger partial charge in [0.1, 0.15) is 0 Å². The number of hydrogen-bond donors (Lipinski definition) is 4. The molecule has 0 radical (unpaired) electrons. The Labute approximate surface area is 88.2 Å². The van der Waals surface area contributed by atoms with Crippen LogP contribution in [0.1, 0.15) is 10.4 Å². The van der Waals surface area contributed by atoms with Crippen molar-refractivity contribution in [3.05, 3.63) is 35.9 Å². The number of primary amides is 1. The van der Waals surface area contributed by atoms with Crippen LogP contribution in [0.3, 0.4) is 0 Å². The molecular weight excluding hydrogens is 204 g/mol. The average Bonchev–Trinajstić information content (AvgIpc) is 2.05. The van der Waals surface area contributed by atoms with Crippen molar-refractivity contribution < 1.29 is 4.79 Å². The lowest BCUT2D eigenvalue weighted by molar-refractivity contribution is 0.100. The molecule has 0 heterocycles. The van der Waals surface area contributed by atoms with Crippen LogP contribution in [0.2, 0.25) is 0 Å². The second-order valence-corrected chi connectivity index (χ2v) is 2.19. The van der Waals surface area contributed by atoms with Crippen LogP contribution in [0.4, 0.5) is 0 Å². The summed E-state index contributed by atoms with van der Waals surface area (Å²) in [5.74, 6) is -0.712. The summed E-state index contributed by atoms with van der Waals surface area (Å²) >= 11 is 0. The highest BCUT2D eigenvalue weighted by atomic mass is 35.5. The third-order valence-electron chi connectivity index (χ3n) is 1.06. The number of hydrogen-bond acceptors (Lipinski definition) is 2. The molecule has 0 saturated carbocycles. The molecule has 0 atom stereocenters. The molecule has 0 fully saturated rings. The van der Waals surface area contributed by atoms with Crippen molar-refractivity contribution in [2.24, 2.45) is 17.2 Å². The molecule has 0 spiro atoms. The fourth-order valence-corrected chi connectivity index (χ4v) is 0.602. The van der Waals surface area contributed by atoms with Crippen LogP contribution in [0.5, 0.6) is 0 Å². The molecule has 0 aliphatic rings. The quantitative estimate of drug-likeness (QED) is 0.392. The Kier molecular flexibility index (Phi) is 8.30.